The standard InChI is InChI=1S/C25H26FN5O3S/c1-31(2)25(32)30-17-5-7-21(18(26)12-17)34-22-8-9-28-20-13-23(35-24(20)22)19-6-4-16(15-29-19)14-27-10-11-33-3/h4-9,12-13,15,27H,10-11,14H2,1-3H3,(H,30,32). The summed E-state index contributed by atoms with van der Waals surface area (Å²) in [5, 5.41) is 5.91. The van der Waals surface area contributed by atoms with E-state index in [9.17, 15) is 9.18 Å². The largest absolute Gasteiger partial charge is 0.453 e. The molecule has 0 saturated heterocycles. The maximum absolute atomic E-state index is 14.7. The summed E-state index contributed by atoms with van der Waals surface area (Å²) >= 11 is 1.48. The van der Waals surface area contributed by atoms with Crippen LogP contribution in [0.3, 0.4) is 0 Å². The summed E-state index contributed by atoms with van der Waals surface area (Å²) in [4.78, 5) is 23.1. The maximum Gasteiger partial charge on any atom is 0.321 e. The molecule has 2 N–H and O–H groups in total. The molecule has 0 saturated carbocycles. The Hall–Kier alpha value is -3.60. The predicted octanol–water partition coefficient (Wildman–Crippen LogP) is 5.12. The lowest BCUT2D eigenvalue weighted by Gasteiger charge is -2.13. The zero-order valence-corrected chi connectivity index (χ0v) is 20.5. The minimum absolute atomic E-state index is 0.0544. The third kappa shape index (κ3) is 6.10. The number of benzene rings is 1. The first-order chi connectivity index (χ1) is 16.9. The van der Waals surface area contributed by atoms with Gasteiger partial charge in [-0.05, 0) is 29.8 Å². The van der Waals surface area contributed by atoms with Crippen LogP contribution in [0.25, 0.3) is 20.8 Å². The Labute approximate surface area is 206 Å². The van der Waals surface area contributed by atoms with Crippen LogP contribution in [-0.4, -0.2) is 55.3 Å². The van der Waals surface area contributed by atoms with Gasteiger partial charge in [0.25, 0.3) is 0 Å². The molecular formula is C25H26FN5O3S. The fourth-order valence-corrected chi connectivity index (χ4v) is 4.26. The Kier molecular flexibility index (Phi) is 7.86. The van der Waals surface area contributed by atoms with E-state index in [0.717, 1.165) is 32.9 Å². The number of urea groups is 1. The molecule has 8 nitrogen and oxygen atoms in total. The molecule has 10 heteroatoms. The number of amides is 2. The number of halogens is 1. The molecule has 1 aromatic carbocycles. The van der Waals surface area contributed by atoms with Crippen LogP contribution >= 0.6 is 11.3 Å². The SMILES string of the molecule is COCCNCc1ccc(-c2cc3nccc(Oc4ccc(NC(=O)N(C)C)cc4F)c3s2)nc1. The van der Waals surface area contributed by atoms with Crippen LogP contribution in [0, 0.1) is 5.82 Å². The van der Waals surface area contributed by atoms with Gasteiger partial charge >= 0.3 is 6.03 Å². The molecule has 4 rings (SSSR count). The van der Waals surface area contributed by atoms with Crippen molar-refractivity contribution in [2.45, 2.75) is 6.54 Å². The lowest BCUT2D eigenvalue weighted by atomic mass is 10.2. The fraction of sp³-hybridized carbons (Fsp3) is 0.240. The van der Waals surface area contributed by atoms with Gasteiger partial charge in [-0.25, -0.2) is 9.18 Å². The van der Waals surface area contributed by atoms with Gasteiger partial charge in [0.2, 0.25) is 0 Å². The molecule has 0 atom stereocenters. The number of methoxy groups -OCH3 is 1. The number of nitrogens with zero attached hydrogens (tertiary/aromatic N) is 3. The Morgan fingerprint density at radius 3 is 2.69 bits per heavy atom. The van der Waals surface area contributed by atoms with Gasteiger partial charge in [0.05, 0.1) is 27.4 Å². The minimum Gasteiger partial charge on any atom is -0.453 e. The number of hydrogen-bond donors (Lipinski definition) is 2. The molecule has 0 fully saturated rings. The van der Waals surface area contributed by atoms with Crippen LogP contribution in [0.1, 0.15) is 5.56 Å². The van der Waals surface area contributed by atoms with Gasteiger partial charge in [-0.1, -0.05) is 6.07 Å². The minimum atomic E-state index is -0.584. The monoisotopic (exact) mass is 495 g/mol. The number of rotatable bonds is 9. The number of fused-ring (bicyclic) bond motifs is 1. The Bertz CT molecular complexity index is 1310. The van der Waals surface area contributed by atoms with Crippen LogP contribution in [-0.2, 0) is 11.3 Å². The second kappa shape index (κ2) is 11.2. The van der Waals surface area contributed by atoms with Crippen LogP contribution in [0.4, 0.5) is 14.9 Å². The normalized spacial score (nSPS) is 11.0. The average Bonchev–Trinajstić information content (AvgIpc) is 3.29. The first-order valence-corrected chi connectivity index (χ1v) is 11.8. The van der Waals surface area contributed by atoms with Crippen molar-refractivity contribution in [3.05, 3.63) is 66.2 Å². The lowest BCUT2D eigenvalue weighted by molar-refractivity contribution is 0.199. The van der Waals surface area contributed by atoms with Crippen LogP contribution in [0.5, 0.6) is 11.5 Å². The van der Waals surface area contributed by atoms with E-state index in [0.29, 0.717) is 24.6 Å². The Morgan fingerprint density at radius 2 is 1.97 bits per heavy atom. The van der Waals surface area contributed by atoms with E-state index in [-0.39, 0.29) is 11.8 Å². The molecule has 2 amide bonds. The number of carbonyl (C=O) groups excluding carboxylic acids is 1. The number of thiophene rings is 1. The second-order valence-electron chi connectivity index (χ2n) is 7.93. The molecular weight excluding hydrogens is 469 g/mol. The molecule has 0 aliphatic rings. The third-order valence-electron chi connectivity index (χ3n) is 5.07. The zero-order valence-electron chi connectivity index (χ0n) is 19.7. The summed E-state index contributed by atoms with van der Waals surface area (Å²) in [5.74, 6) is -0.0346. The Balaban J connectivity index is 1.51. The fourth-order valence-electron chi connectivity index (χ4n) is 3.22. The highest BCUT2D eigenvalue weighted by atomic mass is 32.1. The predicted molar refractivity (Wildman–Crippen MR) is 136 cm³/mol. The van der Waals surface area contributed by atoms with E-state index in [4.69, 9.17) is 9.47 Å². The molecule has 4 aromatic rings. The molecule has 0 unspecified atom stereocenters. The van der Waals surface area contributed by atoms with Gasteiger partial charge in [-0.15, -0.1) is 11.3 Å². The molecule has 3 aromatic heterocycles. The summed E-state index contributed by atoms with van der Waals surface area (Å²) in [6.07, 6.45) is 3.47. The van der Waals surface area contributed by atoms with E-state index < -0.39 is 5.82 Å². The van der Waals surface area contributed by atoms with E-state index >= 15 is 0 Å². The first-order valence-electron chi connectivity index (χ1n) is 10.9. The van der Waals surface area contributed by atoms with Crippen molar-refractivity contribution in [1.82, 2.24) is 20.2 Å². The summed E-state index contributed by atoms with van der Waals surface area (Å²) in [5.41, 5.74) is 2.99. The van der Waals surface area contributed by atoms with Crippen molar-refractivity contribution in [2.24, 2.45) is 0 Å². The highest BCUT2D eigenvalue weighted by Crippen LogP contribution is 2.39. The topological polar surface area (TPSA) is 88.6 Å². The summed E-state index contributed by atoms with van der Waals surface area (Å²) < 4.78 is 26.4. The number of ether oxygens (including phenoxy) is 2. The number of anilines is 1. The van der Waals surface area contributed by atoms with Crippen molar-refractivity contribution < 1.29 is 18.7 Å². The first kappa shape index (κ1) is 24.5. The second-order valence-corrected chi connectivity index (χ2v) is 8.98. The van der Waals surface area contributed by atoms with Crippen LogP contribution in [0.15, 0.2) is 54.9 Å². The number of aromatic nitrogens is 2. The number of nitrogens with one attached hydrogen (secondary N) is 2. The quantitative estimate of drug-likeness (QED) is 0.314. The van der Waals surface area contributed by atoms with Gasteiger partial charge in [-0.3, -0.25) is 9.97 Å². The summed E-state index contributed by atoms with van der Waals surface area (Å²) in [6, 6.07) is 11.6. The summed E-state index contributed by atoms with van der Waals surface area (Å²) in [6.45, 7) is 2.15. The molecule has 35 heavy (non-hydrogen) atoms. The number of pyridine rings is 2. The van der Waals surface area contributed by atoms with Gasteiger partial charge in [0, 0.05) is 64.5 Å². The third-order valence-corrected chi connectivity index (χ3v) is 6.24. The van der Waals surface area contributed by atoms with Crippen LogP contribution in [0.2, 0.25) is 0 Å². The van der Waals surface area contributed by atoms with Crippen molar-refractivity contribution in [2.75, 3.05) is 39.7 Å². The van der Waals surface area contributed by atoms with Gasteiger partial charge in [0.1, 0.15) is 5.75 Å². The molecule has 3 heterocycles. The molecule has 0 spiro atoms. The average molecular weight is 496 g/mol. The molecule has 0 bridgehead atoms. The van der Waals surface area contributed by atoms with Gasteiger partial charge in [-0.2, -0.15) is 0 Å². The maximum atomic E-state index is 14.7. The van der Waals surface area contributed by atoms with E-state index in [1.807, 2.05) is 24.4 Å². The van der Waals surface area contributed by atoms with Gasteiger partial charge < -0.3 is 25.0 Å². The Morgan fingerprint density at radius 1 is 1.11 bits per heavy atom. The van der Waals surface area contributed by atoms with Crippen molar-refractivity contribution in [3.63, 3.8) is 0 Å². The van der Waals surface area contributed by atoms with Crippen LogP contribution < -0.4 is 15.4 Å². The molecule has 0 radical (unpaired) electrons. The van der Waals surface area contributed by atoms with Crippen molar-refractivity contribution in [1.29, 1.82) is 0 Å². The van der Waals surface area contributed by atoms with Crippen molar-refractivity contribution >= 4 is 33.3 Å². The van der Waals surface area contributed by atoms with Gasteiger partial charge in [0.15, 0.2) is 11.6 Å². The number of hydrogen-bond acceptors (Lipinski definition) is 7. The molecule has 0 aliphatic heterocycles. The van der Waals surface area contributed by atoms with E-state index in [1.54, 1.807) is 39.5 Å². The summed E-state index contributed by atoms with van der Waals surface area (Å²) in [7, 11) is 4.89. The smallest absolute Gasteiger partial charge is 0.321 e. The lowest BCUT2D eigenvalue weighted by Crippen LogP contribution is -2.27. The highest BCUT2D eigenvalue weighted by Gasteiger charge is 2.14. The zero-order chi connectivity index (χ0) is 24.8. The molecule has 182 valence electrons. The van der Waals surface area contributed by atoms with E-state index in [1.165, 1.54) is 28.4 Å². The van der Waals surface area contributed by atoms with E-state index in [2.05, 4.69) is 20.6 Å². The highest BCUT2D eigenvalue weighted by molar-refractivity contribution is 7.22. The van der Waals surface area contributed by atoms with Crippen molar-refractivity contribution in [3.8, 4) is 22.1 Å². The molecule has 0 aliphatic carbocycles. The number of carbonyl (C=O) groups is 1.